The molecule has 0 aliphatic rings. The van der Waals surface area contributed by atoms with Gasteiger partial charge in [0.1, 0.15) is 0 Å². The molecule has 126 valence electrons. The lowest BCUT2D eigenvalue weighted by Crippen LogP contribution is -2.37. The zero-order chi connectivity index (χ0) is 17.4. The summed E-state index contributed by atoms with van der Waals surface area (Å²) in [6, 6.07) is 14.3. The quantitative estimate of drug-likeness (QED) is 0.283. The molecular formula is C16H20N6O2. The van der Waals surface area contributed by atoms with Gasteiger partial charge in [0, 0.05) is 18.4 Å². The minimum Gasteiger partial charge on any atom is -0.307 e. The summed E-state index contributed by atoms with van der Waals surface area (Å²) in [5, 5.41) is 5.29. The fourth-order valence-electron chi connectivity index (χ4n) is 2.09. The van der Waals surface area contributed by atoms with Crippen LogP contribution in [0.1, 0.15) is 11.1 Å². The number of amides is 4. The molecule has 0 atom stereocenters. The Morgan fingerprint density at radius 2 is 1.29 bits per heavy atom. The molecule has 0 bridgehead atoms. The Hall–Kier alpha value is -3.10. The van der Waals surface area contributed by atoms with Crippen LogP contribution in [0.2, 0.25) is 0 Å². The maximum absolute atomic E-state index is 11.4. The molecule has 2 aromatic carbocycles. The van der Waals surface area contributed by atoms with Crippen LogP contribution in [0.3, 0.4) is 0 Å². The highest BCUT2D eigenvalue weighted by atomic mass is 16.2. The van der Waals surface area contributed by atoms with E-state index in [1.807, 2.05) is 54.0 Å². The van der Waals surface area contributed by atoms with Gasteiger partial charge in [-0.1, -0.05) is 24.3 Å². The van der Waals surface area contributed by atoms with Crippen molar-refractivity contribution in [2.75, 3.05) is 17.7 Å². The first-order valence-corrected chi connectivity index (χ1v) is 7.30. The zero-order valence-corrected chi connectivity index (χ0v) is 13.2. The van der Waals surface area contributed by atoms with Crippen molar-refractivity contribution in [2.45, 2.75) is 6.42 Å². The number of carbonyl (C=O) groups is 2. The van der Waals surface area contributed by atoms with Crippen LogP contribution in [0.15, 0.2) is 48.5 Å². The van der Waals surface area contributed by atoms with Crippen LogP contribution in [0.4, 0.5) is 21.0 Å². The molecule has 0 aliphatic carbocycles. The highest BCUT2D eigenvalue weighted by molar-refractivity contribution is 5.89. The molecule has 2 aromatic rings. The van der Waals surface area contributed by atoms with Crippen LogP contribution in [0, 0.1) is 0 Å². The topological polar surface area (TPSA) is 120 Å². The molecule has 2 rings (SSSR count). The average molecular weight is 328 g/mol. The van der Waals surface area contributed by atoms with Crippen LogP contribution >= 0.6 is 0 Å². The van der Waals surface area contributed by atoms with Crippen LogP contribution in [-0.4, -0.2) is 19.1 Å². The molecule has 0 radical (unpaired) electrons. The molecule has 24 heavy (non-hydrogen) atoms. The second-order valence-electron chi connectivity index (χ2n) is 5.00. The van der Waals surface area contributed by atoms with E-state index >= 15 is 0 Å². The van der Waals surface area contributed by atoms with E-state index in [0.29, 0.717) is 11.4 Å². The summed E-state index contributed by atoms with van der Waals surface area (Å²) in [4.78, 5) is 22.5. The molecular weight excluding hydrogens is 308 g/mol. The molecule has 0 heterocycles. The Kier molecular flexibility index (Phi) is 6.12. The third-order valence-electron chi connectivity index (χ3n) is 3.20. The van der Waals surface area contributed by atoms with Gasteiger partial charge in [-0.05, 0) is 41.8 Å². The minimum atomic E-state index is -0.465. The van der Waals surface area contributed by atoms with E-state index in [4.69, 9.17) is 5.84 Å². The Bertz CT molecular complexity index is 685. The summed E-state index contributed by atoms with van der Waals surface area (Å²) in [5.74, 6) is 5.02. The molecule has 0 spiro atoms. The monoisotopic (exact) mass is 328 g/mol. The van der Waals surface area contributed by atoms with Gasteiger partial charge in [0.2, 0.25) is 0 Å². The minimum absolute atomic E-state index is 0.324. The standard InChI is InChI=1S/C16H20N6O2/c1-18-22-16(24)20-14-8-4-12(5-9-14)10-11-2-6-13(7-3-11)19-15(23)21-17/h2-9,18H,10,17H2,1H3,(H2,19,21,23)(H2,20,22,24). The third-order valence-corrected chi connectivity index (χ3v) is 3.20. The summed E-state index contributed by atoms with van der Waals surface area (Å²) in [5.41, 5.74) is 10.6. The molecule has 0 aliphatic heterocycles. The highest BCUT2D eigenvalue weighted by Gasteiger charge is 2.02. The van der Waals surface area contributed by atoms with E-state index < -0.39 is 6.03 Å². The molecule has 0 unspecified atom stereocenters. The van der Waals surface area contributed by atoms with Gasteiger partial charge >= 0.3 is 12.1 Å². The molecule has 0 saturated heterocycles. The van der Waals surface area contributed by atoms with Crippen molar-refractivity contribution < 1.29 is 9.59 Å². The Balaban J connectivity index is 1.93. The van der Waals surface area contributed by atoms with E-state index in [0.717, 1.165) is 17.5 Å². The highest BCUT2D eigenvalue weighted by Crippen LogP contribution is 2.16. The van der Waals surface area contributed by atoms with Crippen molar-refractivity contribution in [2.24, 2.45) is 5.84 Å². The van der Waals surface area contributed by atoms with Crippen LogP contribution in [-0.2, 0) is 6.42 Å². The predicted octanol–water partition coefficient (Wildman–Crippen LogP) is 1.53. The van der Waals surface area contributed by atoms with Gasteiger partial charge in [0.15, 0.2) is 0 Å². The SMILES string of the molecule is CNNC(=O)Nc1ccc(Cc2ccc(NC(=O)NN)cc2)cc1. The molecule has 0 aromatic heterocycles. The van der Waals surface area contributed by atoms with Gasteiger partial charge in [-0.3, -0.25) is 10.9 Å². The van der Waals surface area contributed by atoms with Gasteiger partial charge in [0.05, 0.1) is 0 Å². The number of hydrogen-bond donors (Lipinski definition) is 6. The van der Waals surface area contributed by atoms with E-state index in [9.17, 15) is 9.59 Å². The van der Waals surface area contributed by atoms with Gasteiger partial charge in [-0.25, -0.2) is 20.9 Å². The first kappa shape index (κ1) is 17.3. The first-order valence-electron chi connectivity index (χ1n) is 7.30. The van der Waals surface area contributed by atoms with Crippen LogP contribution < -0.4 is 32.8 Å². The molecule has 8 nitrogen and oxygen atoms in total. The van der Waals surface area contributed by atoms with Crippen molar-refractivity contribution in [3.8, 4) is 0 Å². The van der Waals surface area contributed by atoms with Crippen molar-refractivity contribution >= 4 is 23.4 Å². The Morgan fingerprint density at radius 1 is 0.833 bits per heavy atom. The number of rotatable bonds is 5. The fraction of sp³-hybridized carbons (Fsp3) is 0.125. The largest absolute Gasteiger partial charge is 0.333 e. The zero-order valence-electron chi connectivity index (χ0n) is 13.2. The summed E-state index contributed by atoms with van der Waals surface area (Å²) >= 11 is 0. The van der Waals surface area contributed by atoms with Crippen LogP contribution in [0.5, 0.6) is 0 Å². The number of anilines is 2. The summed E-state index contributed by atoms with van der Waals surface area (Å²) < 4.78 is 0. The Labute approximate surface area is 139 Å². The lowest BCUT2D eigenvalue weighted by atomic mass is 10.0. The summed E-state index contributed by atoms with van der Waals surface area (Å²) in [6.45, 7) is 0. The number of nitrogens with two attached hydrogens (primary N) is 1. The van der Waals surface area contributed by atoms with Gasteiger partial charge < -0.3 is 10.6 Å². The van der Waals surface area contributed by atoms with Gasteiger partial charge in [0.25, 0.3) is 0 Å². The predicted molar refractivity (Wildman–Crippen MR) is 93.2 cm³/mol. The lowest BCUT2D eigenvalue weighted by molar-refractivity contribution is 0.249. The number of hydrazine groups is 2. The van der Waals surface area contributed by atoms with E-state index in [2.05, 4.69) is 21.5 Å². The van der Waals surface area contributed by atoms with E-state index in [1.54, 1.807) is 7.05 Å². The van der Waals surface area contributed by atoms with Crippen molar-refractivity contribution in [1.29, 1.82) is 0 Å². The normalized spacial score (nSPS) is 9.92. The molecule has 4 amide bonds. The molecule has 7 N–H and O–H groups in total. The maximum atomic E-state index is 11.4. The van der Waals surface area contributed by atoms with E-state index in [-0.39, 0.29) is 6.03 Å². The maximum Gasteiger partial charge on any atom is 0.333 e. The lowest BCUT2D eigenvalue weighted by Gasteiger charge is -2.08. The number of urea groups is 2. The Morgan fingerprint density at radius 3 is 1.71 bits per heavy atom. The first-order chi connectivity index (χ1) is 11.6. The molecule has 0 saturated carbocycles. The van der Waals surface area contributed by atoms with Crippen LogP contribution in [0.25, 0.3) is 0 Å². The fourth-order valence-corrected chi connectivity index (χ4v) is 2.09. The number of hydrogen-bond acceptors (Lipinski definition) is 4. The second-order valence-corrected chi connectivity index (χ2v) is 5.00. The average Bonchev–Trinajstić information content (AvgIpc) is 2.58. The van der Waals surface area contributed by atoms with Crippen molar-refractivity contribution in [3.05, 3.63) is 59.7 Å². The summed E-state index contributed by atoms with van der Waals surface area (Å²) in [7, 11) is 1.62. The second kappa shape index (κ2) is 8.51. The van der Waals surface area contributed by atoms with Gasteiger partial charge in [-0.2, -0.15) is 0 Å². The number of nitrogens with one attached hydrogen (secondary N) is 5. The van der Waals surface area contributed by atoms with Gasteiger partial charge in [-0.15, -0.1) is 0 Å². The smallest absolute Gasteiger partial charge is 0.307 e. The number of benzene rings is 2. The third kappa shape index (κ3) is 5.27. The molecule has 8 heteroatoms. The van der Waals surface area contributed by atoms with Crippen molar-refractivity contribution in [1.82, 2.24) is 16.3 Å². The van der Waals surface area contributed by atoms with Crippen molar-refractivity contribution in [3.63, 3.8) is 0 Å². The summed E-state index contributed by atoms with van der Waals surface area (Å²) in [6.07, 6.45) is 0.742. The molecule has 0 fully saturated rings. The number of carbonyl (C=O) groups excluding carboxylic acids is 2. The van der Waals surface area contributed by atoms with E-state index in [1.165, 1.54) is 0 Å².